The molecule has 1 aromatic heterocycles. The van der Waals surface area contributed by atoms with Crippen molar-refractivity contribution in [3.63, 3.8) is 0 Å². The van der Waals surface area contributed by atoms with Crippen LogP contribution in [0.15, 0.2) is 47.6 Å². The van der Waals surface area contributed by atoms with Crippen LogP contribution < -0.4 is 0 Å². The van der Waals surface area contributed by atoms with Crippen molar-refractivity contribution in [3.05, 3.63) is 58.7 Å². The first-order valence-corrected chi connectivity index (χ1v) is 8.02. The van der Waals surface area contributed by atoms with Gasteiger partial charge in [-0.1, -0.05) is 35.9 Å². The van der Waals surface area contributed by atoms with E-state index in [0.717, 1.165) is 5.56 Å². The van der Waals surface area contributed by atoms with E-state index in [0.29, 0.717) is 10.6 Å². The van der Waals surface area contributed by atoms with Crippen molar-refractivity contribution in [1.29, 1.82) is 0 Å². The van der Waals surface area contributed by atoms with Gasteiger partial charge in [-0.15, -0.1) is 0 Å². The Hall–Kier alpha value is -1.47. The molecule has 21 heavy (non-hydrogen) atoms. The van der Waals surface area contributed by atoms with E-state index in [4.69, 9.17) is 16.7 Å². The Morgan fingerprint density at radius 3 is 2.52 bits per heavy atom. The number of rotatable bonds is 5. The lowest BCUT2D eigenvalue weighted by molar-refractivity contribution is 0.281. The van der Waals surface area contributed by atoms with E-state index in [1.165, 1.54) is 29.7 Å². The summed E-state index contributed by atoms with van der Waals surface area (Å²) >= 11 is 6.04. The zero-order valence-corrected chi connectivity index (χ0v) is 13.0. The zero-order valence-electron chi connectivity index (χ0n) is 11.4. The van der Waals surface area contributed by atoms with Crippen molar-refractivity contribution in [2.45, 2.75) is 18.2 Å². The van der Waals surface area contributed by atoms with Gasteiger partial charge in [-0.25, -0.2) is 13.4 Å². The topological polar surface area (TPSA) is 70.5 Å². The molecule has 0 fully saturated rings. The first kappa shape index (κ1) is 15.9. The first-order valence-electron chi connectivity index (χ1n) is 6.20. The molecular formula is C14H15ClN2O3S. The number of hydrogen-bond acceptors (Lipinski definition) is 4. The Balaban J connectivity index is 2.24. The lowest BCUT2D eigenvalue weighted by atomic mass is 10.2. The van der Waals surface area contributed by atoms with E-state index >= 15 is 0 Å². The van der Waals surface area contributed by atoms with Crippen LogP contribution in [0.4, 0.5) is 0 Å². The quantitative estimate of drug-likeness (QED) is 0.913. The van der Waals surface area contributed by atoms with Gasteiger partial charge in [-0.05, 0) is 23.3 Å². The molecule has 1 heterocycles. The highest BCUT2D eigenvalue weighted by molar-refractivity contribution is 7.89. The molecule has 0 saturated carbocycles. The van der Waals surface area contributed by atoms with Crippen molar-refractivity contribution < 1.29 is 13.5 Å². The third-order valence-electron chi connectivity index (χ3n) is 3.01. The van der Waals surface area contributed by atoms with Gasteiger partial charge in [-0.2, -0.15) is 4.31 Å². The summed E-state index contributed by atoms with van der Waals surface area (Å²) in [6.45, 7) is -0.0196. The molecular weight excluding hydrogens is 312 g/mol. The summed E-state index contributed by atoms with van der Waals surface area (Å²) in [6, 6.07) is 9.99. The fourth-order valence-corrected chi connectivity index (χ4v) is 3.02. The maximum atomic E-state index is 12.4. The third-order valence-corrected chi connectivity index (χ3v) is 5.09. The monoisotopic (exact) mass is 326 g/mol. The summed E-state index contributed by atoms with van der Waals surface area (Å²) in [4.78, 5) is 3.88. The second-order valence-corrected chi connectivity index (χ2v) is 6.91. The molecule has 0 aliphatic carbocycles. The molecule has 2 aromatic rings. The van der Waals surface area contributed by atoms with E-state index in [1.807, 2.05) is 0 Å². The van der Waals surface area contributed by atoms with Crippen LogP contribution in [0.2, 0.25) is 5.02 Å². The summed E-state index contributed by atoms with van der Waals surface area (Å²) < 4.78 is 26.0. The highest BCUT2D eigenvalue weighted by Crippen LogP contribution is 2.20. The summed E-state index contributed by atoms with van der Waals surface area (Å²) in [5, 5.41) is 9.41. The normalized spacial score (nSPS) is 11.8. The summed E-state index contributed by atoms with van der Waals surface area (Å²) in [5.41, 5.74) is 1.28. The third kappa shape index (κ3) is 3.59. The number of halogens is 1. The molecule has 5 nitrogen and oxygen atoms in total. The Morgan fingerprint density at radius 1 is 1.24 bits per heavy atom. The summed E-state index contributed by atoms with van der Waals surface area (Å²) in [5.74, 6) is 0. The van der Waals surface area contributed by atoms with Crippen LogP contribution in [0.5, 0.6) is 0 Å². The second-order valence-electron chi connectivity index (χ2n) is 4.52. The molecule has 0 saturated heterocycles. The average Bonchev–Trinajstić information content (AvgIpc) is 2.49. The van der Waals surface area contributed by atoms with Gasteiger partial charge >= 0.3 is 0 Å². The lowest BCUT2D eigenvalue weighted by Crippen LogP contribution is -2.27. The largest absolute Gasteiger partial charge is 0.392 e. The average molecular weight is 327 g/mol. The van der Waals surface area contributed by atoms with E-state index in [-0.39, 0.29) is 18.2 Å². The van der Waals surface area contributed by atoms with Gasteiger partial charge in [0.05, 0.1) is 6.61 Å². The van der Waals surface area contributed by atoms with Crippen LogP contribution in [-0.4, -0.2) is 29.9 Å². The van der Waals surface area contributed by atoms with Gasteiger partial charge < -0.3 is 5.11 Å². The molecule has 0 amide bonds. The number of pyridine rings is 1. The Morgan fingerprint density at radius 2 is 1.95 bits per heavy atom. The van der Waals surface area contributed by atoms with Gasteiger partial charge in [-0.3, -0.25) is 0 Å². The minimum Gasteiger partial charge on any atom is -0.392 e. The van der Waals surface area contributed by atoms with E-state index < -0.39 is 10.0 Å². The Labute approximate surface area is 128 Å². The van der Waals surface area contributed by atoms with Crippen LogP contribution in [-0.2, 0) is 23.2 Å². The lowest BCUT2D eigenvalue weighted by Gasteiger charge is -2.17. The molecule has 0 atom stereocenters. The van der Waals surface area contributed by atoms with Gasteiger partial charge in [0.15, 0.2) is 5.03 Å². The predicted octanol–water partition coefficient (Wildman–Crippen LogP) is 2.05. The number of benzene rings is 1. The molecule has 7 heteroatoms. The number of sulfonamides is 1. The highest BCUT2D eigenvalue weighted by Gasteiger charge is 2.22. The Kier molecular flexibility index (Phi) is 4.95. The molecule has 0 spiro atoms. The number of aliphatic hydroxyl groups excluding tert-OH is 1. The minimum absolute atomic E-state index is 0.0609. The highest BCUT2D eigenvalue weighted by atomic mass is 35.5. The second kappa shape index (κ2) is 6.53. The molecule has 112 valence electrons. The summed E-state index contributed by atoms with van der Waals surface area (Å²) in [7, 11) is -2.22. The van der Waals surface area contributed by atoms with Gasteiger partial charge in [0.1, 0.15) is 0 Å². The first-order chi connectivity index (χ1) is 9.95. The van der Waals surface area contributed by atoms with Crippen LogP contribution >= 0.6 is 11.6 Å². The molecule has 0 aliphatic heterocycles. The number of aromatic nitrogens is 1. The summed E-state index contributed by atoms with van der Waals surface area (Å²) in [6.07, 6.45) is 1.34. The fraction of sp³-hybridized carbons (Fsp3) is 0.214. The van der Waals surface area contributed by atoms with E-state index in [2.05, 4.69) is 4.98 Å². The molecule has 0 unspecified atom stereocenters. The van der Waals surface area contributed by atoms with Crippen LogP contribution in [0.1, 0.15) is 11.1 Å². The van der Waals surface area contributed by atoms with E-state index in [1.54, 1.807) is 24.3 Å². The number of nitrogens with zero attached hydrogens (tertiary/aromatic N) is 2. The smallest absolute Gasteiger partial charge is 0.260 e. The van der Waals surface area contributed by atoms with Crippen LogP contribution in [0.3, 0.4) is 0 Å². The SMILES string of the molecule is CN(Cc1ccccc1Cl)S(=O)(=O)c1ccc(CO)cn1. The molecule has 2 rings (SSSR count). The predicted molar refractivity (Wildman–Crippen MR) is 80.3 cm³/mol. The van der Waals surface area contributed by atoms with Gasteiger partial charge in [0.2, 0.25) is 0 Å². The van der Waals surface area contributed by atoms with E-state index in [9.17, 15) is 8.42 Å². The minimum atomic E-state index is -3.70. The Bertz CT molecular complexity index is 717. The molecule has 0 bridgehead atoms. The number of hydrogen-bond donors (Lipinski definition) is 1. The van der Waals surface area contributed by atoms with Crippen molar-refractivity contribution in [2.24, 2.45) is 0 Å². The van der Waals surface area contributed by atoms with Crippen LogP contribution in [0, 0.1) is 0 Å². The molecule has 0 aliphatic rings. The van der Waals surface area contributed by atoms with Crippen LogP contribution in [0.25, 0.3) is 0 Å². The fourth-order valence-electron chi connectivity index (χ4n) is 1.77. The maximum Gasteiger partial charge on any atom is 0.260 e. The zero-order chi connectivity index (χ0) is 15.5. The molecule has 1 aromatic carbocycles. The van der Waals surface area contributed by atoms with Crippen molar-refractivity contribution >= 4 is 21.6 Å². The standard InChI is InChI=1S/C14H15ClN2O3S/c1-17(9-12-4-2-3-5-13(12)15)21(19,20)14-7-6-11(10-18)8-16-14/h2-8,18H,9-10H2,1H3. The number of aliphatic hydroxyl groups is 1. The van der Waals surface area contributed by atoms with Crippen molar-refractivity contribution in [2.75, 3.05) is 7.05 Å². The van der Waals surface area contributed by atoms with Crippen molar-refractivity contribution in [3.8, 4) is 0 Å². The van der Waals surface area contributed by atoms with Gasteiger partial charge in [0.25, 0.3) is 10.0 Å². The van der Waals surface area contributed by atoms with Crippen molar-refractivity contribution in [1.82, 2.24) is 9.29 Å². The molecule has 1 N–H and O–H groups in total. The maximum absolute atomic E-state index is 12.4. The molecule has 0 radical (unpaired) electrons. The van der Waals surface area contributed by atoms with Gasteiger partial charge in [0, 0.05) is 24.8 Å².